The molecule has 0 aromatic heterocycles. The van der Waals surface area contributed by atoms with Gasteiger partial charge in [0.2, 0.25) is 0 Å². The second-order valence-electron chi connectivity index (χ2n) is 6.43. The van der Waals surface area contributed by atoms with Gasteiger partial charge in [-0.05, 0) is 42.5 Å². The van der Waals surface area contributed by atoms with Gasteiger partial charge in [-0.25, -0.2) is 0 Å². The standard InChI is InChI=1S/C21H20O5/c1-3-18(22)26-17-11-15(12(2)21(24)25)10-14-9-8-13-6-4-5-7-16(13)20(23)19(14)17/h4-7,10-12H,3,8-9H2,1-2H3,(H,24,25). The van der Waals surface area contributed by atoms with Crippen LogP contribution in [0, 0.1) is 0 Å². The Morgan fingerprint density at radius 3 is 2.54 bits per heavy atom. The minimum atomic E-state index is -0.971. The maximum absolute atomic E-state index is 13.1. The molecule has 134 valence electrons. The molecule has 2 aromatic carbocycles. The van der Waals surface area contributed by atoms with Crippen molar-refractivity contribution in [2.24, 2.45) is 0 Å². The molecule has 1 unspecified atom stereocenters. The SMILES string of the molecule is CCC(=O)Oc1cc(C(C)C(=O)O)cc2c1C(=O)c1ccccc1CC2. The van der Waals surface area contributed by atoms with Gasteiger partial charge in [0.25, 0.3) is 0 Å². The molecule has 0 heterocycles. The molecular weight excluding hydrogens is 332 g/mol. The number of hydrogen-bond donors (Lipinski definition) is 1. The zero-order chi connectivity index (χ0) is 18.8. The van der Waals surface area contributed by atoms with Gasteiger partial charge in [-0.1, -0.05) is 37.3 Å². The van der Waals surface area contributed by atoms with E-state index in [0.29, 0.717) is 29.5 Å². The molecule has 26 heavy (non-hydrogen) atoms. The number of esters is 1. The fraction of sp³-hybridized carbons (Fsp3) is 0.286. The Morgan fingerprint density at radius 1 is 1.15 bits per heavy atom. The highest BCUT2D eigenvalue weighted by molar-refractivity contribution is 6.13. The zero-order valence-electron chi connectivity index (χ0n) is 14.7. The van der Waals surface area contributed by atoms with E-state index in [9.17, 15) is 19.5 Å². The highest BCUT2D eigenvalue weighted by Gasteiger charge is 2.28. The van der Waals surface area contributed by atoms with Crippen LogP contribution in [0.15, 0.2) is 36.4 Å². The van der Waals surface area contributed by atoms with Crippen molar-refractivity contribution in [1.82, 2.24) is 0 Å². The number of carbonyl (C=O) groups excluding carboxylic acids is 2. The van der Waals surface area contributed by atoms with Crippen LogP contribution in [-0.4, -0.2) is 22.8 Å². The Hall–Kier alpha value is -2.95. The maximum atomic E-state index is 13.1. The normalized spacial score (nSPS) is 14.0. The average Bonchev–Trinajstić information content (AvgIpc) is 2.78. The van der Waals surface area contributed by atoms with E-state index in [1.165, 1.54) is 6.07 Å². The Bertz CT molecular complexity index is 897. The summed E-state index contributed by atoms with van der Waals surface area (Å²) in [5.41, 5.74) is 3.14. The first-order valence-electron chi connectivity index (χ1n) is 8.65. The van der Waals surface area contributed by atoms with Crippen molar-refractivity contribution in [3.05, 3.63) is 64.2 Å². The number of carboxylic acids is 1. The number of benzene rings is 2. The summed E-state index contributed by atoms with van der Waals surface area (Å²) < 4.78 is 5.42. The molecule has 0 radical (unpaired) electrons. The highest BCUT2D eigenvalue weighted by Crippen LogP contribution is 2.34. The molecule has 0 saturated carbocycles. The van der Waals surface area contributed by atoms with E-state index in [1.807, 2.05) is 12.1 Å². The van der Waals surface area contributed by atoms with E-state index >= 15 is 0 Å². The van der Waals surface area contributed by atoms with Crippen molar-refractivity contribution in [3.8, 4) is 5.75 Å². The quantitative estimate of drug-likeness (QED) is 0.673. The van der Waals surface area contributed by atoms with Crippen LogP contribution in [0.5, 0.6) is 5.75 Å². The van der Waals surface area contributed by atoms with Crippen molar-refractivity contribution in [2.45, 2.75) is 39.0 Å². The molecule has 1 aliphatic carbocycles. The van der Waals surface area contributed by atoms with Gasteiger partial charge in [0.15, 0.2) is 5.78 Å². The summed E-state index contributed by atoms with van der Waals surface area (Å²) in [6.45, 7) is 3.24. The van der Waals surface area contributed by atoms with Gasteiger partial charge in [0.1, 0.15) is 5.75 Å². The van der Waals surface area contributed by atoms with Crippen molar-refractivity contribution >= 4 is 17.7 Å². The number of ketones is 1. The molecule has 0 fully saturated rings. The van der Waals surface area contributed by atoms with Crippen LogP contribution in [-0.2, 0) is 22.4 Å². The molecule has 3 rings (SSSR count). The van der Waals surface area contributed by atoms with E-state index in [1.54, 1.807) is 32.0 Å². The number of carbonyl (C=O) groups is 3. The van der Waals surface area contributed by atoms with Crippen LogP contribution in [0.1, 0.15) is 58.8 Å². The molecule has 1 atom stereocenters. The zero-order valence-corrected chi connectivity index (χ0v) is 14.7. The van der Waals surface area contributed by atoms with Crippen molar-refractivity contribution in [2.75, 3.05) is 0 Å². The molecule has 0 spiro atoms. The van der Waals surface area contributed by atoms with Gasteiger partial charge in [0.05, 0.1) is 11.5 Å². The summed E-state index contributed by atoms with van der Waals surface area (Å²) in [7, 11) is 0. The summed E-state index contributed by atoms with van der Waals surface area (Å²) in [5.74, 6) is -2.24. The predicted octanol–water partition coefficient (Wildman–Crippen LogP) is 3.52. The molecule has 5 heteroatoms. The lowest BCUT2D eigenvalue weighted by molar-refractivity contribution is -0.138. The first-order chi connectivity index (χ1) is 12.4. The Balaban J connectivity index is 2.19. The predicted molar refractivity (Wildman–Crippen MR) is 95.7 cm³/mol. The minimum Gasteiger partial charge on any atom is -0.481 e. The first-order valence-corrected chi connectivity index (χ1v) is 8.65. The fourth-order valence-corrected chi connectivity index (χ4v) is 3.18. The summed E-state index contributed by atoms with van der Waals surface area (Å²) in [4.78, 5) is 36.4. The Morgan fingerprint density at radius 2 is 1.85 bits per heavy atom. The molecular formula is C21H20O5. The van der Waals surface area contributed by atoms with Gasteiger partial charge >= 0.3 is 11.9 Å². The lowest BCUT2D eigenvalue weighted by Crippen LogP contribution is -2.15. The molecule has 0 aliphatic heterocycles. The van der Waals surface area contributed by atoms with Gasteiger partial charge in [-0.2, -0.15) is 0 Å². The van der Waals surface area contributed by atoms with Gasteiger partial charge in [-0.15, -0.1) is 0 Å². The van der Waals surface area contributed by atoms with E-state index in [4.69, 9.17) is 4.74 Å². The van der Waals surface area contributed by atoms with Crippen molar-refractivity contribution in [3.63, 3.8) is 0 Å². The third-order valence-corrected chi connectivity index (χ3v) is 4.74. The summed E-state index contributed by atoms with van der Waals surface area (Å²) in [6, 6.07) is 10.6. The average molecular weight is 352 g/mol. The van der Waals surface area contributed by atoms with Gasteiger partial charge in [0, 0.05) is 12.0 Å². The van der Waals surface area contributed by atoms with Gasteiger partial charge in [-0.3, -0.25) is 14.4 Å². The fourth-order valence-electron chi connectivity index (χ4n) is 3.18. The second kappa shape index (κ2) is 7.12. The molecule has 1 N–H and O–H groups in total. The van der Waals surface area contributed by atoms with E-state index in [-0.39, 0.29) is 18.0 Å². The highest BCUT2D eigenvalue weighted by atomic mass is 16.5. The monoisotopic (exact) mass is 352 g/mol. The van der Waals surface area contributed by atoms with Crippen LogP contribution in [0.2, 0.25) is 0 Å². The largest absolute Gasteiger partial charge is 0.481 e. The third-order valence-electron chi connectivity index (χ3n) is 4.74. The second-order valence-corrected chi connectivity index (χ2v) is 6.43. The molecule has 0 bridgehead atoms. The summed E-state index contributed by atoms with van der Waals surface area (Å²) in [6.07, 6.45) is 1.41. The number of fused-ring (bicyclic) bond motifs is 2. The molecule has 1 aliphatic rings. The van der Waals surface area contributed by atoms with E-state index in [2.05, 4.69) is 0 Å². The molecule has 5 nitrogen and oxygen atoms in total. The number of rotatable bonds is 4. The molecule has 0 amide bonds. The summed E-state index contributed by atoms with van der Waals surface area (Å²) in [5, 5.41) is 9.33. The first kappa shape index (κ1) is 17.9. The van der Waals surface area contributed by atoms with Crippen LogP contribution in [0.25, 0.3) is 0 Å². The lowest BCUT2D eigenvalue weighted by atomic mass is 9.92. The number of aliphatic carboxylic acids is 1. The number of carboxylic acid groups (broad SMARTS) is 1. The molecule has 2 aromatic rings. The Labute approximate surface area is 151 Å². The topological polar surface area (TPSA) is 80.7 Å². The van der Waals surface area contributed by atoms with E-state index < -0.39 is 17.9 Å². The minimum absolute atomic E-state index is 0.152. The maximum Gasteiger partial charge on any atom is 0.310 e. The Kier molecular flexibility index (Phi) is 4.89. The number of ether oxygens (including phenoxy) is 1. The van der Waals surface area contributed by atoms with Crippen molar-refractivity contribution in [1.29, 1.82) is 0 Å². The van der Waals surface area contributed by atoms with E-state index in [0.717, 1.165) is 11.1 Å². The number of aryl methyl sites for hydroxylation is 2. The third kappa shape index (κ3) is 3.25. The summed E-state index contributed by atoms with van der Waals surface area (Å²) >= 11 is 0. The van der Waals surface area contributed by atoms with Crippen LogP contribution in [0.4, 0.5) is 0 Å². The van der Waals surface area contributed by atoms with Gasteiger partial charge < -0.3 is 9.84 Å². The smallest absolute Gasteiger partial charge is 0.310 e. The lowest BCUT2D eigenvalue weighted by Gasteiger charge is -2.16. The van der Waals surface area contributed by atoms with Crippen LogP contribution < -0.4 is 4.74 Å². The molecule has 0 saturated heterocycles. The van der Waals surface area contributed by atoms with Crippen molar-refractivity contribution < 1.29 is 24.2 Å². The number of hydrogen-bond acceptors (Lipinski definition) is 4. The van der Waals surface area contributed by atoms with Crippen LogP contribution >= 0.6 is 0 Å². The van der Waals surface area contributed by atoms with Crippen LogP contribution in [0.3, 0.4) is 0 Å².